The maximum atomic E-state index is 13.4. The number of carbonyl (C=O) groups is 1. The van der Waals surface area contributed by atoms with Gasteiger partial charge < -0.3 is 14.4 Å². The highest BCUT2D eigenvalue weighted by atomic mass is 32.2. The predicted octanol–water partition coefficient (Wildman–Crippen LogP) is 2.66. The van der Waals surface area contributed by atoms with E-state index in [4.69, 9.17) is 9.47 Å². The van der Waals surface area contributed by atoms with Crippen LogP contribution < -0.4 is 9.47 Å². The molecule has 0 unspecified atom stereocenters. The smallest absolute Gasteiger partial charge is 0.243 e. The fourth-order valence-electron chi connectivity index (χ4n) is 4.47. The number of methoxy groups -OCH3 is 2. The first-order valence-corrected chi connectivity index (χ1v) is 11.9. The Bertz CT molecular complexity index is 1040. The molecule has 0 N–H and O–H groups in total. The van der Waals surface area contributed by atoms with E-state index in [1.807, 2.05) is 35.2 Å². The van der Waals surface area contributed by atoms with Crippen molar-refractivity contribution >= 4 is 15.9 Å². The fraction of sp³-hybridized carbons (Fsp3) is 0.435. The Morgan fingerprint density at radius 2 is 1.55 bits per heavy atom. The van der Waals surface area contributed by atoms with Gasteiger partial charge in [0.15, 0.2) is 11.5 Å². The molecule has 2 aliphatic rings. The SMILES string of the molecule is COc1ccc(S(=O)(=O)N2CCN(C(=O)C3(c4ccccc4)CCC3)CC2)cc1OC. The van der Waals surface area contributed by atoms with Crippen LogP contribution in [-0.2, 0) is 20.2 Å². The highest BCUT2D eigenvalue weighted by Gasteiger charge is 2.48. The molecule has 166 valence electrons. The second-order valence-electron chi connectivity index (χ2n) is 8.01. The van der Waals surface area contributed by atoms with E-state index in [2.05, 4.69) is 0 Å². The molecule has 0 radical (unpaired) electrons. The first-order chi connectivity index (χ1) is 14.9. The molecule has 31 heavy (non-hydrogen) atoms. The number of rotatable bonds is 6. The van der Waals surface area contributed by atoms with E-state index in [0.29, 0.717) is 24.6 Å². The largest absolute Gasteiger partial charge is 0.493 e. The van der Waals surface area contributed by atoms with Gasteiger partial charge in [0.25, 0.3) is 0 Å². The lowest BCUT2D eigenvalue weighted by Gasteiger charge is -2.45. The zero-order valence-electron chi connectivity index (χ0n) is 17.9. The van der Waals surface area contributed by atoms with Gasteiger partial charge in [-0.1, -0.05) is 36.8 Å². The third-order valence-electron chi connectivity index (χ3n) is 6.46. The lowest BCUT2D eigenvalue weighted by atomic mass is 9.63. The monoisotopic (exact) mass is 444 g/mol. The van der Waals surface area contributed by atoms with Gasteiger partial charge >= 0.3 is 0 Å². The van der Waals surface area contributed by atoms with Crippen LogP contribution in [0.25, 0.3) is 0 Å². The Morgan fingerprint density at radius 1 is 0.903 bits per heavy atom. The predicted molar refractivity (Wildman–Crippen MR) is 117 cm³/mol. The molecule has 0 aromatic heterocycles. The van der Waals surface area contributed by atoms with Crippen LogP contribution in [0.2, 0.25) is 0 Å². The van der Waals surface area contributed by atoms with E-state index in [1.54, 1.807) is 6.07 Å². The average molecular weight is 445 g/mol. The Morgan fingerprint density at radius 3 is 2.10 bits per heavy atom. The van der Waals surface area contributed by atoms with E-state index in [-0.39, 0.29) is 23.9 Å². The van der Waals surface area contributed by atoms with Gasteiger partial charge in [-0.15, -0.1) is 0 Å². The molecule has 1 aliphatic heterocycles. The molecular formula is C23H28N2O5S. The number of hydrogen-bond donors (Lipinski definition) is 0. The van der Waals surface area contributed by atoms with E-state index in [9.17, 15) is 13.2 Å². The average Bonchev–Trinajstić information content (AvgIpc) is 2.78. The van der Waals surface area contributed by atoms with Crippen LogP contribution in [0, 0.1) is 0 Å². The summed E-state index contributed by atoms with van der Waals surface area (Å²) in [6, 6.07) is 14.5. The minimum absolute atomic E-state index is 0.119. The van der Waals surface area contributed by atoms with Gasteiger partial charge in [-0.2, -0.15) is 4.31 Å². The van der Waals surface area contributed by atoms with Crippen LogP contribution in [0.3, 0.4) is 0 Å². The molecule has 1 saturated heterocycles. The van der Waals surface area contributed by atoms with Crippen molar-refractivity contribution in [3.05, 3.63) is 54.1 Å². The molecular weight excluding hydrogens is 416 g/mol. The molecule has 2 aromatic rings. The Balaban J connectivity index is 1.48. The molecule has 1 heterocycles. The molecule has 0 bridgehead atoms. The number of carbonyl (C=O) groups excluding carboxylic acids is 1. The summed E-state index contributed by atoms with van der Waals surface area (Å²) >= 11 is 0. The van der Waals surface area contributed by atoms with Gasteiger partial charge in [0, 0.05) is 32.2 Å². The zero-order chi connectivity index (χ0) is 22.1. The number of amides is 1. The van der Waals surface area contributed by atoms with Crippen LogP contribution in [0.4, 0.5) is 0 Å². The number of ether oxygens (including phenoxy) is 2. The third-order valence-corrected chi connectivity index (χ3v) is 8.36. The van der Waals surface area contributed by atoms with Gasteiger partial charge in [0.05, 0.1) is 24.5 Å². The van der Waals surface area contributed by atoms with Gasteiger partial charge in [-0.25, -0.2) is 8.42 Å². The lowest BCUT2D eigenvalue weighted by molar-refractivity contribution is -0.142. The second-order valence-corrected chi connectivity index (χ2v) is 9.95. The summed E-state index contributed by atoms with van der Waals surface area (Å²) in [5.74, 6) is 0.962. The molecule has 7 nitrogen and oxygen atoms in total. The molecule has 2 fully saturated rings. The maximum Gasteiger partial charge on any atom is 0.243 e. The van der Waals surface area contributed by atoms with Crippen LogP contribution >= 0.6 is 0 Å². The first kappa shape index (κ1) is 21.6. The maximum absolute atomic E-state index is 13.4. The van der Waals surface area contributed by atoms with Gasteiger partial charge in [0.1, 0.15) is 0 Å². The van der Waals surface area contributed by atoms with Gasteiger partial charge in [0.2, 0.25) is 15.9 Å². The van der Waals surface area contributed by atoms with E-state index in [0.717, 1.165) is 24.8 Å². The van der Waals surface area contributed by atoms with Crippen molar-refractivity contribution in [2.45, 2.75) is 29.6 Å². The van der Waals surface area contributed by atoms with Crippen LogP contribution in [0.5, 0.6) is 11.5 Å². The summed E-state index contributed by atoms with van der Waals surface area (Å²) in [4.78, 5) is 15.4. The third kappa shape index (κ3) is 3.78. The van der Waals surface area contributed by atoms with Crippen molar-refractivity contribution in [2.75, 3.05) is 40.4 Å². The van der Waals surface area contributed by atoms with Crippen LogP contribution in [0.1, 0.15) is 24.8 Å². The Kier molecular flexibility index (Phi) is 5.94. The van der Waals surface area contributed by atoms with E-state index in [1.165, 1.54) is 30.7 Å². The quantitative estimate of drug-likeness (QED) is 0.685. The normalized spacial score (nSPS) is 18.8. The summed E-state index contributed by atoms with van der Waals surface area (Å²) in [6.45, 7) is 1.32. The number of nitrogens with zero attached hydrogens (tertiary/aromatic N) is 2. The first-order valence-electron chi connectivity index (χ1n) is 10.5. The highest BCUT2D eigenvalue weighted by molar-refractivity contribution is 7.89. The Hall–Kier alpha value is -2.58. The fourth-order valence-corrected chi connectivity index (χ4v) is 5.91. The molecule has 1 aliphatic carbocycles. The standard InChI is InChI=1S/C23H28N2O5S/c1-29-20-10-9-19(17-21(20)30-2)31(27,28)25-15-13-24(14-16-25)22(26)23(11-6-12-23)18-7-4-3-5-8-18/h3-5,7-10,17H,6,11-16H2,1-2H3. The van der Waals surface area contributed by atoms with Crippen LogP contribution in [0.15, 0.2) is 53.4 Å². The topological polar surface area (TPSA) is 76.2 Å². The van der Waals surface area contributed by atoms with E-state index >= 15 is 0 Å². The number of hydrogen-bond acceptors (Lipinski definition) is 5. The summed E-state index contributed by atoms with van der Waals surface area (Å²) < 4.78 is 38.2. The highest BCUT2D eigenvalue weighted by Crippen LogP contribution is 2.45. The van der Waals surface area contributed by atoms with E-state index < -0.39 is 15.4 Å². The van der Waals surface area contributed by atoms with Crippen molar-refractivity contribution in [3.63, 3.8) is 0 Å². The minimum atomic E-state index is -3.69. The molecule has 0 atom stereocenters. The van der Waals surface area contributed by atoms with Gasteiger partial charge in [-0.3, -0.25) is 4.79 Å². The van der Waals surface area contributed by atoms with Crippen molar-refractivity contribution < 1.29 is 22.7 Å². The molecule has 4 rings (SSSR count). The number of sulfonamides is 1. The Labute approximate surface area is 183 Å². The minimum Gasteiger partial charge on any atom is -0.493 e. The van der Waals surface area contributed by atoms with Crippen molar-refractivity contribution in [1.29, 1.82) is 0 Å². The molecule has 1 saturated carbocycles. The summed E-state index contributed by atoms with van der Waals surface area (Å²) in [5, 5.41) is 0. The second kappa shape index (κ2) is 8.51. The van der Waals surface area contributed by atoms with Gasteiger partial charge in [-0.05, 0) is 30.5 Å². The number of piperazine rings is 1. The molecule has 8 heteroatoms. The van der Waals surface area contributed by atoms with Crippen LogP contribution in [-0.4, -0.2) is 63.9 Å². The zero-order valence-corrected chi connectivity index (χ0v) is 18.7. The number of benzene rings is 2. The van der Waals surface area contributed by atoms with Crippen molar-refractivity contribution in [1.82, 2.24) is 9.21 Å². The summed E-state index contributed by atoms with van der Waals surface area (Å²) in [7, 11) is -0.708. The molecule has 1 amide bonds. The summed E-state index contributed by atoms with van der Waals surface area (Å²) in [5.41, 5.74) is 0.609. The summed E-state index contributed by atoms with van der Waals surface area (Å²) in [6.07, 6.45) is 2.73. The van der Waals surface area contributed by atoms with Crippen molar-refractivity contribution in [3.8, 4) is 11.5 Å². The van der Waals surface area contributed by atoms with Crippen molar-refractivity contribution in [2.24, 2.45) is 0 Å². The lowest BCUT2D eigenvalue weighted by Crippen LogP contribution is -2.57. The molecule has 0 spiro atoms. The molecule has 2 aromatic carbocycles.